The van der Waals surface area contributed by atoms with Gasteiger partial charge < -0.3 is 0 Å². The van der Waals surface area contributed by atoms with Crippen LogP contribution in [-0.4, -0.2) is 34.7 Å². The first-order valence-corrected chi connectivity index (χ1v) is 12.1. The van der Waals surface area contributed by atoms with Crippen molar-refractivity contribution in [2.24, 2.45) is 0 Å². The highest BCUT2D eigenvalue weighted by molar-refractivity contribution is 5.32. The first-order chi connectivity index (χ1) is 15.8. The Morgan fingerprint density at radius 1 is 0.455 bits per heavy atom. The fourth-order valence-electron chi connectivity index (χ4n) is 5.08. The van der Waals surface area contributed by atoms with Crippen LogP contribution in [0.15, 0.2) is 54.6 Å². The third kappa shape index (κ3) is 6.11. The molecule has 0 spiro atoms. The molecule has 0 amide bonds. The van der Waals surface area contributed by atoms with E-state index in [1.165, 1.54) is 50.1 Å². The smallest absolute Gasteiger partial charge is 0.0537 e. The Morgan fingerprint density at radius 2 is 0.727 bits per heavy atom. The topological polar surface area (TPSA) is 9.72 Å². The van der Waals surface area contributed by atoms with Gasteiger partial charge in [-0.15, -0.1) is 0 Å². The standard InChI is InChI=1S/C30H39N3/c1-22-7-10-28(25(4)13-22)16-31-19-32(17-29-11-8-23(2)14-26(29)5)21-33(20-31)18-30-12-9-24(3)15-27(30)6/h7-15H,16-21H2,1-6H3. The van der Waals surface area contributed by atoms with Crippen molar-refractivity contribution in [1.82, 2.24) is 14.7 Å². The quantitative estimate of drug-likeness (QED) is 0.449. The molecule has 0 N–H and O–H groups in total. The van der Waals surface area contributed by atoms with Gasteiger partial charge in [-0.05, 0) is 74.9 Å². The van der Waals surface area contributed by atoms with Gasteiger partial charge in [-0.3, -0.25) is 14.7 Å². The summed E-state index contributed by atoms with van der Waals surface area (Å²) in [6.45, 7) is 19.2. The highest BCUT2D eigenvalue weighted by atomic mass is 15.5. The first kappa shape index (κ1) is 23.7. The summed E-state index contributed by atoms with van der Waals surface area (Å²) >= 11 is 0. The van der Waals surface area contributed by atoms with E-state index in [2.05, 4.69) is 111 Å². The fraction of sp³-hybridized carbons (Fsp3) is 0.400. The van der Waals surface area contributed by atoms with Crippen molar-refractivity contribution in [2.45, 2.75) is 61.2 Å². The van der Waals surface area contributed by atoms with Gasteiger partial charge in [0.2, 0.25) is 0 Å². The average Bonchev–Trinajstić information content (AvgIpc) is 2.74. The second-order valence-electron chi connectivity index (χ2n) is 10.2. The van der Waals surface area contributed by atoms with E-state index in [9.17, 15) is 0 Å². The highest BCUT2D eigenvalue weighted by Gasteiger charge is 2.25. The fourth-order valence-corrected chi connectivity index (χ4v) is 5.08. The second kappa shape index (κ2) is 10.2. The minimum Gasteiger partial charge on any atom is -0.273 e. The van der Waals surface area contributed by atoms with Crippen LogP contribution in [0.25, 0.3) is 0 Å². The second-order valence-corrected chi connectivity index (χ2v) is 10.2. The number of nitrogens with zero attached hydrogens (tertiary/aromatic N) is 3. The van der Waals surface area contributed by atoms with Crippen molar-refractivity contribution in [1.29, 1.82) is 0 Å². The monoisotopic (exact) mass is 441 g/mol. The Balaban J connectivity index is 1.55. The molecule has 0 unspecified atom stereocenters. The summed E-state index contributed by atoms with van der Waals surface area (Å²) < 4.78 is 0. The lowest BCUT2D eigenvalue weighted by Gasteiger charge is -2.43. The molecule has 1 aliphatic heterocycles. The normalized spacial score (nSPS) is 15.8. The number of hydrogen-bond acceptors (Lipinski definition) is 3. The molecule has 1 saturated heterocycles. The summed E-state index contributed by atoms with van der Waals surface area (Å²) in [7, 11) is 0. The van der Waals surface area contributed by atoms with Crippen LogP contribution < -0.4 is 0 Å². The summed E-state index contributed by atoms with van der Waals surface area (Å²) in [5, 5.41) is 0. The van der Waals surface area contributed by atoms with Crippen molar-refractivity contribution in [3.63, 3.8) is 0 Å². The number of rotatable bonds is 6. The molecule has 0 aromatic heterocycles. The molecule has 0 saturated carbocycles. The van der Waals surface area contributed by atoms with E-state index in [0.717, 1.165) is 39.6 Å². The van der Waals surface area contributed by atoms with Gasteiger partial charge >= 0.3 is 0 Å². The third-order valence-corrected chi connectivity index (χ3v) is 6.88. The van der Waals surface area contributed by atoms with Gasteiger partial charge in [0.05, 0.1) is 20.0 Å². The first-order valence-electron chi connectivity index (χ1n) is 12.1. The Labute approximate surface area is 200 Å². The largest absolute Gasteiger partial charge is 0.273 e. The van der Waals surface area contributed by atoms with Gasteiger partial charge in [0.1, 0.15) is 0 Å². The predicted octanol–water partition coefficient (Wildman–Crippen LogP) is 6.23. The molecule has 0 radical (unpaired) electrons. The molecule has 3 nitrogen and oxygen atoms in total. The van der Waals surface area contributed by atoms with Gasteiger partial charge in [0.25, 0.3) is 0 Å². The molecule has 3 heteroatoms. The van der Waals surface area contributed by atoms with E-state index in [0.29, 0.717) is 0 Å². The lowest BCUT2D eigenvalue weighted by Crippen LogP contribution is -2.53. The lowest BCUT2D eigenvalue weighted by atomic mass is 10.0. The van der Waals surface area contributed by atoms with Crippen LogP contribution in [0.5, 0.6) is 0 Å². The molecule has 3 aromatic rings. The van der Waals surface area contributed by atoms with Crippen LogP contribution >= 0.6 is 0 Å². The highest BCUT2D eigenvalue weighted by Crippen LogP contribution is 2.22. The zero-order chi connectivity index (χ0) is 23.5. The summed E-state index contributed by atoms with van der Waals surface area (Å²) in [4.78, 5) is 7.77. The van der Waals surface area contributed by atoms with Crippen molar-refractivity contribution < 1.29 is 0 Å². The van der Waals surface area contributed by atoms with E-state index in [1.54, 1.807) is 0 Å². The Kier molecular flexibility index (Phi) is 7.33. The Morgan fingerprint density at radius 3 is 0.970 bits per heavy atom. The van der Waals surface area contributed by atoms with Crippen LogP contribution in [0.1, 0.15) is 50.1 Å². The van der Waals surface area contributed by atoms with E-state index >= 15 is 0 Å². The molecule has 1 aliphatic rings. The zero-order valence-corrected chi connectivity index (χ0v) is 21.3. The molecule has 33 heavy (non-hydrogen) atoms. The van der Waals surface area contributed by atoms with Gasteiger partial charge in [0, 0.05) is 19.6 Å². The predicted molar refractivity (Wildman–Crippen MR) is 139 cm³/mol. The van der Waals surface area contributed by atoms with E-state index in [-0.39, 0.29) is 0 Å². The molecule has 1 fully saturated rings. The molecular formula is C30H39N3. The maximum Gasteiger partial charge on any atom is 0.0537 e. The van der Waals surface area contributed by atoms with Crippen molar-refractivity contribution in [3.8, 4) is 0 Å². The van der Waals surface area contributed by atoms with E-state index in [4.69, 9.17) is 0 Å². The third-order valence-electron chi connectivity index (χ3n) is 6.88. The van der Waals surface area contributed by atoms with Crippen LogP contribution in [0, 0.1) is 41.5 Å². The van der Waals surface area contributed by atoms with Gasteiger partial charge in [-0.1, -0.05) is 71.3 Å². The van der Waals surface area contributed by atoms with Crippen LogP contribution in [0.4, 0.5) is 0 Å². The molecule has 174 valence electrons. The van der Waals surface area contributed by atoms with E-state index < -0.39 is 0 Å². The summed E-state index contributed by atoms with van der Waals surface area (Å²) in [5.41, 5.74) is 12.5. The maximum atomic E-state index is 2.59. The van der Waals surface area contributed by atoms with Gasteiger partial charge in [-0.2, -0.15) is 0 Å². The molecule has 0 bridgehead atoms. The van der Waals surface area contributed by atoms with Gasteiger partial charge in [-0.25, -0.2) is 0 Å². The number of aryl methyl sites for hydroxylation is 6. The lowest BCUT2D eigenvalue weighted by molar-refractivity contribution is -0.0424. The van der Waals surface area contributed by atoms with Crippen molar-refractivity contribution in [2.75, 3.05) is 20.0 Å². The Hall–Kier alpha value is -2.46. The van der Waals surface area contributed by atoms with Crippen LogP contribution in [-0.2, 0) is 19.6 Å². The minimum absolute atomic E-state index is 0.985. The minimum atomic E-state index is 0.985. The van der Waals surface area contributed by atoms with Crippen LogP contribution in [0.2, 0.25) is 0 Å². The maximum absolute atomic E-state index is 2.59. The van der Waals surface area contributed by atoms with Crippen molar-refractivity contribution >= 4 is 0 Å². The number of benzene rings is 3. The molecule has 1 heterocycles. The molecular weight excluding hydrogens is 402 g/mol. The van der Waals surface area contributed by atoms with E-state index in [1.807, 2.05) is 0 Å². The summed E-state index contributed by atoms with van der Waals surface area (Å²) in [5.74, 6) is 0. The molecule has 3 aromatic carbocycles. The summed E-state index contributed by atoms with van der Waals surface area (Å²) in [6.07, 6.45) is 0. The summed E-state index contributed by atoms with van der Waals surface area (Å²) in [6, 6.07) is 20.6. The SMILES string of the molecule is Cc1ccc(CN2CN(Cc3ccc(C)cc3C)CN(Cc3ccc(C)cc3C)C2)c(C)c1. The molecule has 4 rings (SSSR count). The average molecular weight is 442 g/mol. The zero-order valence-electron chi connectivity index (χ0n) is 21.3. The Bertz CT molecular complexity index is 970. The van der Waals surface area contributed by atoms with Crippen LogP contribution in [0.3, 0.4) is 0 Å². The number of hydrogen-bond donors (Lipinski definition) is 0. The van der Waals surface area contributed by atoms with Crippen molar-refractivity contribution in [3.05, 3.63) is 105 Å². The molecule has 0 aliphatic carbocycles. The molecule has 0 atom stereocenters. The van der Waals surface area contributed by atoms with Gasteiger partial charge in [0.15, 0.2) is 0 Å².